The molecule has 8 nitrogen and oxygen atoms in total. The quantitative estimate of drug-likeness (QED) is 0.269. The van der Waals surface area contributed by atoms with Gasteiger partial charge in [-0.2, -0.15) is 0 Å². The van der Waals surface area contributed by atoms with E-state index in [1.54, 1.807) is 13.3 Å². The largest absolute Gasteiger partial charge is 0.493 e. The molecule has 198 valence electrons. The Morgan fingerprint density at radius 2 is 1.82 bits per heavy atom. The molecule has 0 unspecified atom stereocenters. The van der Waals surface area contributed by atoms with Gasteiger partial charge in [-0.1, -0.05) is 18.2 Å². The molecule has 0 amide bonds. The Morgan fingerprint density at radius 3 is 2.61 bits per heavy atom. The number of benzene rings is 2. The zero-order valence-electron chi connectivity index (χ0n) is 22.1. The Labute approximate surface area is 222 Å². The Balaban J connectivity index is 1.28. The van der Waals surface area contributed by atoms with Gasteiger partial charge in [-0.3, -0.25) is 14.7 Å². The van der Waals surface area contributed by atoms with Gasteiger partial charge in [0.25, 0.3) is 0 Å². The maximum absolute atomic E-state index is 12.0. The fourth-order valence-electron chi connectivity index (χ4n) is 4.84. The van der Waals surface area contributed by atoms with Crippen LogP contribution in [0.1, 0.15) is 25.5 Å². The molecule has 0 aliphatic carbocycles. The maximum Gasteiger partial charge on any atom is 0.309 e. The molecule has 0 bridgehead atoms. The van der Waals surface area contributed by atoms with Crippen molar-refractivity contribution in [2.24, 2.45) is 5.92 Å². The molecular weight excluding hydrogens is 482 g/mol. The van der Waals surface area contributed by atoms with Gasteiger partial charge >= 0.3 is 5.97 Å². The number of piperidine rings is 1. The van der Waals surface area contributed by atoms with Crippen LogP contribution in [0, 0.1) is 12.8 Å². The predicted molar refractivity (Wildman–Crippen MR) is 146 cm³/mol. The number of pyridine rings is 2. The number of para-hydroxylation sites is 1. The molecule has 1 aliphatic heterocycles. The lowest BCUT2D eigenvalue weighted by Gasteiger charge is -2.30. The molecule has 1 aliphatic rings. The SMILES string of the molecule is CCOC(=O)C1CCN(CCOc2cc3nccc(Oc4cc5ccccc5nc4C)c3cc2OC)CC1. The number of hydrogen-bond donors (Lipinski definition) is 0. The first-order valence-corrected chi connectivity index (χ1v) is 13.1. The van der Waals surface area contributed by atoms with E-state index in [1.165, 1.54) is 0 Å². The summed E-state index contributed by atoms with van der Waals surface area (Å²) in [6, 6.07) is 15.6. The van der Waals surface area contributed by atoms with E-state index in [-0.39, 0.29) is 11.9 Å². The number of carbonyl (C=O) groups excluding carboxylic acids is 1. The monoisotopic (exact) mass is 515 g/mol. The number of ether oxygens (including phenoxy) is 4. The molecule has 5 rings (SSSR count). The van der Waals surface area contributed by atoms with Gasteiger partial charge in [0.05, 0.1) is 36.4 Å². The molecule has 3 heterocycles. The van der Waals surface area contributed by atoms with Crippen molar-refractivity contribution < 1.29 is 23.7 Å². The van der Waals surface area contributed by atoms with Crippen LogP contribution >= 0.6 is 0 Å². The molecule has 1 saturated heterocycles. The lowest BCUT2D eigenvalue weighted by atomic mass is 9.97. The number of nitrogens with zero attached hydrogens (tertiary/aromatic N) is 3. The Morgan fingerprint density at radius 1 is 1.00 bits per heavy atom. The van der Waals surface area contributed by atoms with Crippen LogP contribution in [0.15, 0.2) is 54.7 Å². The van der Waals surface area contributed by atoms with Crippen LogP contribution in [0.4, 0.5) is 0 Å². The molecular formula is C30H33N3O5. The van der Waals surface area contributed by atoms with Crippen LogP contribution in [0.25, 0.3) is 21.8 Å². The molecule has 0 saturated carbocycles. The zero-order valence-corrected chi connectivity index (χ0v) is 22.1. The Bertz CT molecular complexity index is 1430. The molecule has 2 aromatic heterocycles. The van der Waals surface area contributed by atoms with Gasteiger partial charge in [0.2, 0.25) is 0 Å². The van der Waals surface area contributed by atoms with Crippen LogP contribution in [-0.2, 0) is 9.53 Å². The zero-order chi connectivity index (χ0) is 26.5. The van der Waals surface area contributed by atoms with Gasteiger partial charge in [-0.25, -0.2) is 4.98 Å². The van der Waals surface area contributed by atoms with E-state index in [9.17, 15) is 4.79 Å². The first kappa shape index (κ1) is 25.7. The number of methoxy groups -OCH3 is 1. The van der Waals surface area contributed by atoms with Crippen molar-refractivity contribution in [2.45, 2.75) is 26.7 Å². The maximum atomic E-state index is 12.0. The highest BCUT2D eigenvalue weighted by Gasteiger charge is 2.25. The second-order valence-corrected chi connectivity index (χ2v) is 9.41. The number of likely N-dealkylation sites (tertiary alicyclic amines) is 1. The highest BCUT2D eigenvalue weighted by molar-refractivity contribution is 5.88. The average Bonchev–Trinajstić information content (AvgIpc) is 2.93. The fourth-order valence-corrected chi connectivity index (χ4v) is 4.84. The third-order valence-corrected chi connectivity index (χ3v) is 6.95. The van der Waals surface area contributed by atoms with Crippen molar-refractivity contribution in [3.8, 4) is 23.0 Å². The summed E-state index contributed by atoms with van der Waals surface area (Å²) in [5.41, 5.74) is 2.50. The van der Waals surface area contributed by atoms with Crippen LogP contribution in [0.3, 0.4) is 0 Å². The third kappa shape index (κ3) is 5.65. The predicted octanol–water partition coefficient (Wildman–Crippen LogP) is 5.55. The number of carbonyl (C=O) groups is 1. The van der Waals surface area contributed by atoms with Crippen molar-refractivity contribution in [1.29, 1.82) is 0 Å². The minimum atomic E-state index is -0.0767. The van der Waals surface area contributed by atoms with Crippen molar-refractivity contribution in [3.63, 3.8) is 0 Å². The van der Waals surface area contributed by atoms with E-state index in [0.29, 0.717) is 36.2 Å². The van der Waals surface area contributed by atoms with E-state index in [0.717, 1.165) is 60.0 Å². The van der Waals surface area contributed by atoms with Gasteiger partial charge in [-0.15, -0.1) is 0 Å². The van der Waals surface area contributed by atoms with Crippen LogP contribution < -0.4 is 14.2 Å². The Hall–Kier alpha value is -3.91. The van der Waals surface area contributed by atoms with E-state index >= 15 is 0 Å². The van der Waals surface area contributed by atoms with Gasteiger partial charge in [0.15, 0.2) is 11.5 Å². The topological polar surface area (TPSA) is 83.0 Å². The molecule has 1 fully saturated rings. The summed E-state index contributed by atoms with van der Waals surface area (Å²) in [6.07, 6.45) is 3.36. The number of aryl methyl sites for hydroxylation is 1. The average molecular weight is 516 g/mol. The van der Waals surface area contributed by atoms with E-state index < -0.39 is 0 Å². The second kappa shape index (κ2) is 11.6. The second-order valence-electron chi connectivity index (χ2n) is 9.41. The van der Waals surface area contributed by atoms with Crippen LogP contribution in [0.5, 0.6) is 23.0 Å². The molecule has 0 spiro atoms. The molecule has 38 heavy (non-hydrogen) atoms. The summed E-state index contributed by atoms with van der Waals surface area (Å²) in [6.45, 7) is 7.20. The lowest BCUT2D eigenvalue weighted by Crippen LogP contribution is -2.39. The first-order valence-electron chi connectivity index (χ1n) is 13.1. The van der Waals surface area contributed by atoms with Crippen LogP contribution in [0.2, 0.25) is 0 Å². The van der Waals surface area contributed by atoms with Crippen molar-refractivity contribution in [2.75, 3.05) is 40.0 Å². The van der Waals surface area contributed by atoms with Crippen molar-refractivity contribution in [1.82, 2.24) is 14.9 Å². The van der Waals surface area contributed by atoms with Crippen molar-refractivity contribution in [3.05, 3.63) is 60.4 Å². The Kier molecular flexibility index (Phi) is 7.89. The summed E-state index contributed by atoms with van der Waals surface area (Å²) in [4.78, 5) is 23.5. The third-order valence-electron chi connectivity index (χ3n) is 6.95. The van der Waals surface area contributed by atoms with E-state index in [4.69, 9.17) is 18.9 Å². The van der Waals surface area contributed by atoms with E-state index in [1.807, 2.05) is 62.4 Å². The molecule has 0 N–H and O–H groups in total. The first-order chi connectivity index (χ1) is 18.6. The number of rotatable bonds is 9. The highest BCUT2D eigenvalue weighted by Crippen LogP contribution is 2.38. The highest BCUT2D eigenvalue weighted by atomic mass is 16.5. The fraction of sp³-hybridized carbons (Fsp3) is 0.367. The standard InChI is InChI=1S/C30H33N3O5/c1-4-36-30(34)21-10-13-33(14-11-21)15-16-37-29-19-25-23(18-28(29)35-3)26(9-12-31-25)38-27-17-22-7-5-6-8-24(22)32-20(27)2/h5-9,12,17-19,21H,4,10-11,13-16H2,1-3H3. The summed E-state index contributed by atoms with van der Waals surface area (Å²) in [5, 5.41) is 1.84. The minimum Gasteiger partial charge on any atom is -0.493 e. The van der Waals surface area contributed by atoms with Gasteiger partial charge < -0.3 is 18.9 Å². The van der Waals surface area contributed by atoms with Crippen LogP contribution in [-0.4, -0.2) is 60.8 Å². The summed E-state index contributed by atoms with van der Waals surface area (Å²) < 4.78 is 23.3. The molecule has 8 heteroatoms. The lowest BCUT2D eigenvalue weighted by molar-refractivity contribution is -0.149. The number of hydrogen-bond acceptors (Lipinski definition) is 8. The summed E-state index contributed by atoms with van der Waals surface area (Å²) in [7, 11) is 1.63. The smallest absolute Gasteiger partial charge is 0.309 e. The molecule has 2 aromatic carbocycles. The molecule has 4 aromatic rings. The van der Waals surface area contributed by atoms with Crippen molar-refractivity contribution >= 4 is 27.8 Å². The normalized spacial score (nSPS) is 14.5. The van der Waals surface area contributed by atoms with Gasteiger partial charge in [0, 0.05) is 29.6 Å². The van der Waals surface area contributed by atoms with E-state index in [2.05, 4.69) is 14.9 Å². The number of esters is 1. The van der Waals surface area contributed by atoms with Gasteiger partial charge in [0.1, 0.15) is 18.1 Å². The molecule has 0 atom stereocenters. The van der Waals surface area contributed by atoms with Gasteiger partial charge in [-0.05, 0) is 64.0 Å². The molecule has 0 radical (unpaired) electrons. The number of fused-ring (bicyclic) bond motifs is 2. The summed E-state index contributed by atoms with van der Waals surface area (Å²) in [5.74, 6) is 2.54. The summed E-state index contributed by atoms with van der Waals surface area (Å²) >= 11 is 0. The minimum absolute atomic E-state index is 0.00404. The number of aromatic nitrogens is 2.